The highest BCUT2D eigenvalue weighted by atomic mass is 16.2. The zero-order valence-electron chi connectivity index (χ0n) is 10.2. The highest BCUT2D eigenvalue weighted by Gasteiger charge is 2.40. The first-order valence-corrected chi connectivity index (χ1v) is 5.45. The maximum atomic E-state index is 11.7. The van der Waals surface area contributed by atoms with E-state index in [2.05, 4.69) is 10.2 Å². The number of benzene rings is 1. The van der Waals surface area contributed by atoms with E-state index in [1.54, 1.807) is 6.20 Å². The molecule has 0 fully saturated rings. The highest BCUT2D eigenvalue weighted by Crippen LogP contribution is 2.38. The van der Waals surface area contributed by atoms with E-state index in [4.69, 9.17) is 0 Å². The molecule has 0 saturated heterocycles. The largest absolute Gasteiger partial charge is 0.383 e. The summed E-state index contributed by atoms with van der Waals surface area (Å²) in [6, 6.07) is 9.73. The fourth-order valence-corrected chi connectivity index (χ4v) is 1.88. The predicted octanol–water partition coefficient (Wildman–Crippen LogP) is 2.34. The van der Waals surface area contributed by atoms with Crippen molar-refractivity contribution in [2.75, 3.05) is 14.1 Å². The second-order valence-electron chi connectivity index (χ2n) is 4.45. The number of nitrogens with zero attached hydrogens (tertiary/aromatic N) is 3. The minimum absolute atomic E-state index is 0.259. The Bertz CT molecular complexity index is 491. The van der Waals surface area contributed by atoms with Gasteiger partial charge in [0.2, 0.25) is 0 Å². The van der Waals surface area contributed by atoms with Gasteiger partial charge in [0, 0.05) is 20.3 Å². The number of carbonyl (C=O) groups excluding carboxylic acids is 1. The lowest BCUT2D eigenvalue weighted by Crippen LogP contribution is -2.23. The maximum absolute atomic E-state index is 11.7. The standard InChI is InChI=1S/C13H15N3O/c1-13(10-7-5-4-6-8-10)11(9-16(2)3)12(17)14-15-13/h4-9H,1-3H3. The molecule has 0 radical (unpaired) electrons. The van der Waals surface area contributed by atoms with E-state index in [-0.39, 0.29) is 5.91 Å². The van der Waals surface area contributed by atoms with E-state index < -0.39 is 5.54 Å². The molecule has 1 unspecified atom stereocenters. The molecule has 1 amide bonds. The molecule has 17 heavy (non-hydrogen) atoms. The van der Waals surface area contributed by atoms with Crippen LogP contribution in [-0.4, -0.2) is 24.9 Å². The van der Waals surface area contributed by atoms with Crippen molar-refractivity contribution in [3.05, 3.63) is 47.7 Å². The molecule has 1 aromatic carbocycles. The first-order chi connectivity index (χ1) is 8.04. The van der Waals surface area contributed by atoms with Gasteiger partial charge in [0.1, 0.15) is 5.54 Å². The summed E-state index contributed by atoms with van der Waals surface area (Å²) < 4.78 is 0. The average Bonchev–Trinajstić information content (AvgIpc) is 2.59. The van der Waals surface area contributed by atoms with E-state index in [1.807, 2.05) is 56.3 Å². The fourth-order valence-electron chi connectivity index (χ4n) is 1.88. The molecule has 0 bridgehead atoms. The zero-order valence-corrected chi connectivity index (χ0v) is 10.2. The van der Waals surface area contributed by atoms with Crippen LogP contribution in [0.4, 0.5) is 0 Å². The summed E-state index contributed by atoms with van der Waals surface area (Å²) in [5, 5.41) is 7.83. The molecule has 0 aliphatic carbocycles. The smallest absolute Gasteiger partial charge is 0.295 e. The van der Waals surface area contributed by atoms with Crippen LogP contribution in [0, 0.1) is 0 Å². The van der Waals surface area contributed by atoms with Crippen LogP contribution < -0.4 is 0 Å². The van der Waals surface area contributed by atoms with E-state index in [9.17, 15) is 4.79 Å². The zero-order chi connectivity index (χ0) is 12.5. The third-order valence-corrected chi connectivity index (χ3v) is 2.82. The van der Waals surface area contributed by atoms with E-state index in [0.717, 1.165) is 5.56 Å². The van der Waals surface area contributed by atoms with E-state index in [0.29, 0.717) is 5.57 Å². The van der Waals surface area contributed by atoms with Crippen molar-refractivity contribution in [1.82, 2.24) is 4.90 Å². The Hall–Kier alpha value is -1.97. The van der Waals surface area contributed by atoms with Gasteiger partial charge in [-0.15, -0.1) is 5.11 Å². The van der Waals surface area contributed by atoms with Crippen molar-refractivity contribution in [3.63, 3.8) is 0 Å². The Labute approximate surface area is 101 Å². The van der Waals surface area contributed by atoms with Crippen LogP contribution >= 0.6 is 0 Å². The molecule has 0 aromatic heterocycles. The number of amides is 1. The monoisotopic (exact) mass is 229 g/mol. The SMILES string of the molecule is CN(C)C=C1C(=O)N=NC1(C)c1ccccc1. The van der Waals surface area contributed by atoms with Gasteiger partial charge in [0.25, 0.3) is 5.91 Å². The minimum Gasteiger partial charge on any atom is -0.383 e. The van der Waals surface area contributed by atoms with Crippen LogP contribution in [0.15, 0.2) is 52.3 Å². The van der Waals surface area contributed by atoms with Gasteiger partial charge in [0.05, 0.1) is 5.57 Å². The Morgan fingerprint density at radius 2 is 1.88 bits per heavy atom. The number of carbonyl (C=O) groups is 1. The predicted molar refractivity (Wildman–Crippen MR) is 65.4 cm³/mol. The van der Waals surface area contributed by atoms with Crippen LogP contribution in [0.2, 0.25) is 0 Å². The van der Waals surface area contributed by atoms with Gasteiger partial charge in [-0.3, -0.25) is 4.79 Å². The van der Waals surface area contributed by atoms with Crippen molar-refractivity contribution in [3.8, 4) is 0 Å². The second kappa shape index (κ2) is 4.13. The number of hydrogen-bond donors (Lipinski definition) is 0. The topological polar surface area (TPSA) is 45.0 Å². The summed E-state index contributed by atoms with van der Waals surface area (Å²) in [6.45, 7) is 1.91. The lowest BCUT2D eigenvalue weighted by Gasteiger charge is -2.22. The quantitative estimate of drug-likeness (QED) is 0.731. The molecule has 1 aliphatic rings. The fraction of sp³-hybridized carbons (Fsp3) is 0.308. The molecular weight excluding hydrogens is 214 g/mol. The first-order valence-electron chi connectivity index (χ1n) is 5.45. The summed E-state index contributed by atoms with van der Waals surface area (Å²) in [5.41, 5.74) is 0.916. The molecule has 88 valence electrons. The van der Waals surface area contributed by atoms with Crippen LogP contribution in [-0.2, 0) is 10.3 Å². The Morgan fingerprint density at radius 1 is 1.24 bits per heavy atom. The number of rotatable bonds is 2. The van der Waals surface area contributed by atoms with Gasteiger partial charge in [-0.2, -0.15) is 5.11 Å². The van der Waals surface area contributed by atoms with Crippen LogP contribution in [0.1, 0.15) is 12.5 Å². The molecule has 1 heterocycles. The Morgan fingerprint density at radius 3 is 2.47 bits per heavy atom. The van der Waals surface area contributed by atoms with Crippen molar-refractivity contribution in [2.45, 2.75) is 12.5 Å². The van der Waals surface area contributed by atoms with Gasteiger partial charge in [-0.1, -0.05) is 30.3 Å². The lowest BCUT2D eigenvalue weighted by atomic mass is 9.86. The Balaban J connectivity index is 2.50. The normalized spacial score (nSPS) is 25.6. The van der Waals surface area contributed by atoms with Gasteiger partial charge >= 0.3 is 0 Å². The van der Waals surface area contributed by atoms with Crippen molar-refractivity contribution >= 4 is 5.91 Å². The molecule has 0 saturated carbocycles. The molecule has 1 atom stereocenters. The van der Waals surface area contributed by atoms with Crippen molar-refractivity contribution < 1.29 is 4.79 Å². The van der Waals surface area contributed by atoms with E-state index in [1.165, 1.54) is 0 Å². The molecule has 0 N–H and O–H groups in total. The number of azo groups is 1. The minimum atomic E-state index is -0.664. The maximum Gasteiger partial charge on any atom is 0.295 e. The second-order valence-corrected chi connectivity index (χ2v) is 4.45. The van der Waals surface area contributed by atoms with Crippen LogP contribution in [0.5, 0.6) is 0 Å². The van der Waals surface area contributed by atoms with Crippen LogP contribution in [0.25, 0.3) is 0 Å². The van der Waals surface area contributed by atoms with E-state index >= 15 is 0 Å². The van der Waals surface area contributed by atoms with Crippen molar-refractivity contribution in [2.24, 2.45) is 10.2 Å². The highest BCUT2D eigenvalue weighted by molar-refractivity contribution is 5.98. The summed E-state index contributed by atoms with van der Waals surface area (Å²) in [6.07, 6.45) is 1.79. The summed E-state index contributed by atoms with van der Waals surface area (Å²) in [5.74, 6) is -0.259. The molecular formula is C13H15N3O. The van der Waals surface area contributed by atoms with Gasteiger partial charge in [0.15, 0.2) is 0 Å². The third kappa shape index (κ3) is 1.98. The average molecular weight is 229 g/mol. The van der Waals surface area contributed by atoms with Crippen molar-refractivity contribution in [1.29, 1.82) is 0 Å². The third-order valence-electron chi connectivity index (χ3n) is 2.82. The molecule has 1 aliphatic heterocycles. The molecule has 4 nitrogen and oxygen atoms in total. The van der Waals surface area contributed by atoms with Crippen LogP contribution in [0.3, 0.4) is 0 Å². The molecule has 0 spiro atoms. The van der Waals surface area contributed by atoms with Gasteiger partial charge in [-0.25, -0.2) is 0 Å². The summed E-state index contributed by atoms with van der Waals surface area (Å²) in [7, 11) is 3.76. The molecule has 1 aromatic rings. The summed E-state index contributed by atoms with van der Waals surface area (Å²) in [4.78, 5) is 13.6. The molecule has 2 rings (SSSR count). The molecule has 4 heteroatoms. The summed E-state index contributed by atoms with van der Waals surface area (Å²) >= 11 is 0. The van der Waals surface area contributed by atoms with Gasteiger partial charge in [-0.05, 0) is 12.5 Å². The lowest BCUT2D eigenvalue weighted by molar-refractivity contribution is -0.114. The Kier molecular flexibility index (Phi) is 2.79. The van der Waals surface area contributed by atoms with Gasteiger partial charge < -0.3 is 4.90 Å². The number of hydrogen-bond acceptors (Lipinski definition) is 3. The first kappa shape index (κ1) is 11.5.